The summed E-state index contributed by atoms with van der Waals surface area (Å²) < 4.78 is 16.2. The average Bonchev–Trinajstić information content (AvgIpc) is 3.11. The third-order valence-electron chi connectivity index (χ3n) is 4.12. The van der Waals surface area contributed by atoms with Crippen LogP contribution in [0.25, 0.3) is 0 Å². The Labute approximate surface area is 146 Å². The number of methoxy groups -OCH3 is 2. The van der Waals surface area contributed by atoms with Gasteiger partial charge in [0.2, 0.25) is 17.7 Å². The molecule has 1 aromatic heterocycles. The summed E-state index contributed by atoms with van der Waals surface area (Å²) in [4.78, 5) is 22.6. The van der Waals surface area contributed by atoms with E-state index < -0.39 is 0 Å². The van der Waals surface area contributed by atoms with Crippen LogP contribution in [0.2, 0.25) is 0 Å². The summed E-state index contributed by atoms with van der Waals surface area (Å²) >= 11 is 0. The van der Waals surface area contributed by atoms with Crippen LogP contribution in [-0.2, 0) is 11.2 Å². The summed E-state index contributed by atoms with van der Waals surface area (Å²) in [6.07, 6.45) is 4.04. The number of aromatic nitrogens is 2. The zero-order chi connectivity index (χ0) is 17.6. The topological polar surface area (TPSA) is 73.8 Å². The van der Waals surface area contributed by atoms with Crippen molar-refractivity contribution in [1.82, 2.24) is 14.9 Å². The van der Waals surface area contributed by atoms with Crippen LogP contribution in [0.3, 0.4) is 0 Å². The first-order chi connectivity index (χ1) is 12.2. The Kier molecular flexibility index (Phi) is 5.33. The van der Waals surface area contributed by atoms with Crippen molar-refractivity contribution in [1.29, 1.82) is 0 Å². The number of rotatable bonds is 6. The highest BCUT2D eigenvalue weighted by atomic mass is 16.5. The van der Waals surface area contributed by atoms with E-state index in [9.17, 15) is 4.79 Å². The highest BCUT2D eigenvalue weighted by Crippen LogP contribution is 2.21. The quantitative estimate of drug-likeness (QED) is 0.795. The molecule has 2 aromatic rings. The molecule has 7 nitrogen and oxygen atoms in total. The number of carbonyl (C=O) groups excluding carboxylic acids is 1. The Bertz CT molecular complexity index is 738. The van der Waals surface area contributed by atoms with Crippen molar-refractivity contribution >= 4 is 5.91 Å². The molecule has 1 unspecified atom stereocenters. The molecular weight excluding hydrogens is 322 g/mol. The van der Waals surface area contributed by atoms with Gasteiger partial charge in [-0.25, -0.2) is 0 Å². The number of ether oxygens (including phenoxy) is 3. The van der Waals surface area contributed by atoms with Crippen LogP contribution in [-0.4, -0.2) is 54.2 Å². The Hall–Kier alpha value is -2.83. The fraction of sp³-hybridized carbons (Fsp3) is 0.389. The molecule has 1 fully saturated rings. The van der Waals surface area contributed by atoms with Gasteiger partial charge in [0.15, 0.2) is 0 Å². The Balaban J connectivity index is 1.57. The van der Waals surface area contributed by atoms with Crippen molar-refractivity contribution in [2.45, 2.75) is 18.9 Å². The maximum atomic E-state index is 12.5. The van der Waals surface area contributed by atoms with Crippen molar-refractivity contribution in [2.24, 2.45) is 0 Å². The van der Waals surface area contributed by atoms with Crippen molar-refractivity contribution in [3.05, 3.63) is 42.2 Å². The van der Waals surface area contributed by atoms with Gasteiger partial charge in [0.05, 0.1) is 39.6 Å². The second kappa shape index (κ2) is 7.83. The third-order valence-corrected chi connectivity index (χ3v) is 4.12. The standard InChI is InChI=1S/C18H21N3O4/c1-23-15-6-4-3-5-13(15)9-18(22)21-8-7-14(12-21)25-17-11-19-10-16(20-17)24-2/h3-6,10-11,14H,7-9,12H2,1-2H3. The van der Waals surface area contributed by atoms with Crippen LogP contribution in [0.4, 0.5) is 0 Å². The lowest BCUT2D eigenvalue weighted by molar-refractivity contribution is -0.129. The third kappa shape index (κ3) is 4.17. The molecule has 3 rings (SSSR count). The molecule has 7 heteroatoms. The molecule has 0 aliphatic carbocycles. The molecule has 0 spiro atoms. The first-order valence-electron chi connectivity index (χ1n) is 8.12. The molecule has 2 heterocycles. The minimum atomic E-state index is -0.0944. The molecule has 1 aromatic carbocycles. The van der Waals surface area contributed by atoms with Gasteiger partial charge in [-0.1, -0.05) is 18.2 Å². The lowest BCUT2D eigenvalue weighted by Gasteiger charge is -2.17. The van der Waals surface area contributed by atoms with E-state index in [2.05, 4.69) is 9.97 Å². The molecule has 1 saturated heterocycles. The molecule has 25 heavy (non-hydrogen) atoms. The van der Waals surface area contributed by atoms with Crippen molar-refractivity contribution in [3.63, 3.8) is 0 Å². The first kappa shape index (κ1) is 17.0. The largest absolute Gasteiger partial charge is 0.496 e. The van der Waals surface area contributed by atoms with Crippen LogP contribution in [0.1, 0.15) is 12.0 Å². The summed E-state index contributed by atoms with van der Waals surface area (Å²) in [5.41, 5.74) is 0.887. The number of nitrogens with zero attached hydrogens (tertiary/aromatic N) is 3. The maximum Gasteiger partial charge on any atom is 0.235 e. The van der Waals surface area contributed by atoms with Crippen molar-refractivity contribution in [2.75, 3.05) is 27.3 Å². The van der Waals surface area contributed by atoms with E-state index >= 15 is 0 Å². The van der Waals surface area contributed by atoms with Gasteiger partial charge in [-0.15, -0.1) is 0 Å². The number of benzene rings is 1. The Morgan fingerprint density at radius 2 is 2.00 bits per heavy atom. The summed E-state index contributed by atoms with van der Waals surface area (Å²) in [5, 5.41) is 0. The summed E-state index contributed by atoms with van der Waals surface area (Å²) in [5.74, 6) is 1.60. The molecule has 1 aliphatic heterocycles. The van der Waals surface area contributed by atoms with Gasteiger partial charge in [-0.05, 0) is 6.07 Å². The Morgan fingerprint density at radius 3 is 2.80 bits per heavy atom. The summed E-state index contributed by atoms with van der Waals surface area (Å²) in [7, 11) is 3.14. The molecule has 0 radical (unpaired) electrons. The number of carbonyl (C=O) groups is 1. The first-order valence-corrected chi connectivity index (χ1v) is 8.12. The number of amides is 1. The SMILES string of the molecule is COc1cncc(OC2CCN(C(=O)Cc3ccccc3OC)C2)n1. The van der Waals surface area contributed by atoms with Crippen LogP contribution in [0.5, 0.6) is 17.5 Å². The molecule has 1 amide bonds. The monoisotopic (exact) mass is 343 g/mol. The van der Waals surface area contributed by atoms with Gasteiger partial charge in [0.1, 0.15) is 11.9 Å². The fourth-order valence-electron chi connectivity index (χ4n) is 2.83. The fourth-order valence-corrected chi connectivity index (χ4v) is 2.83. The van der Waals surface area contributed by atoms with Gasteiger partial charge in [-0.2, -0.15) is 4.98 Å². The highest BCUT2D eigenvalue weighted by Gasteiger charge is 2.28. The summed E-state index contributed by atoms with van der Waals surface area (Å²) in [6.45, 7) is 1.20. The molecule has 0 N–H and O–H groups in total. The molecular formula is C18H21N3O4. The molecule has 132 valence electrons. The predicted molar refractivity (Wildman–Crippen MR) is 90.9 cm³/mol. The number of para-hydroxylation sites is 1. The minimum Gasteiger partial charge on any atom is -0.496 e. The number of hydrogen-bond donors (Lipinski definition) is 0. The van der Waals surface area contributed by atoms with Gasteiger partial charge in [-0.3, -0.25) is 9.78 Å². The van der Waals surface area contributed by atoms with E-state index in [-0.39, 0.29) is 12.0 Å². The summed E-state index contributed by atoms with van der Waals surface area (Å²) in [6, 6.07) is 7.57. The highest BCUT2D eigenvalue weighted by molar-refractivity contribution is 5.79. The maximum absolute atomic E-state index is 12.5. The molecule has 1 aliphatic rings. The molecule has 1 atom stereocenters. The van der Waals surface area contributed by atoms with E-state index in [1.165, 1.54) is 13.3 Å². The van der Waals surface area contributed by atoms with Crippen molar-refractivity contribution in [3.8, 4) is 17.5 Å². The van der Waals surface area contributed by atoms with Gasteiger partial charge in [0, 0.05) is 18.5 Å². The minimum absolute atomic E-state index is 0.0623. The van der Waals surface area contributed by atoms with E-state index in [0.717, 1.165) is 17.7 Å². The van der Waals surface area contributed by atoms with Crippen LogP contribution < -0.4 is 14.2 Å². The van der Waals surface area contributed by atoms with Crippen LogP contribution in [0, 0.1) is 0 Å². The Morgan fingerprint density at radius 1 is 1.20 bits per heavy atom. The van der Waals surface area contributed by atoms with Crippen molar-refractivity contribution < 1.29 is 19.0 Å². The van der Waals surface area contributed by atoms with Gasteiger partial charge < -0.3 is 19.1 Å². The van der Waals surface area contributed by atoms with Crippen LogP contribution in [0.15, 0.2) is 36.7 Å². The van der Waals surface area contributed by atoms with Crippen LogP contribution >= 0.6 is 0 Å². The van der Waals surface area contributed by atoms with Gasteiger partial charge >= 0.3 is 0 Å². The number of hydrogen-bond acceptors (Lipinski definition) is 6. The van der Waals surface area contributed by atoms with E-state index in [0.29, 0.717) is 31.3 Å². The van der Waals surface area contributed by atoms with Gasteiger partial charge in [0.25, 0.3) is 0 Å². The second-order valence-electron chi connectivity index (χ2n) is 5.76. The van der Waals surface area contributed by atoms with E-state index in [1.54, 1.807) is 13.3 Å². The molecule has 0 saturated carbocycles. The predicted octanol–water partition coefficient (Wildman–Crippen LogP) is 1.72. The lowest BCUT2D eigenvalue weighted by Crippen LogP contribution is -2.32. The smallest absolute Gasteiger partial charge is 0.235 e. The zero-order valence-electron chi connectivity index (χ0n) is 14.3. The zero-order valence-corrected chi connectivity index (χ0v) is 14.3. The molecule has 0 bridgehead atoms. The van der Waals surface area contributed by atoms with E-state index in [4.69, 9.17) is 14.2 Å². The normalized spacial score (nSPS) is 16.6. The average molecular weight is 343 g/mol. The lowest BCUT2D eigenvalue weighted by atomic mass is 10.1. The van der Waals surface area contributed by atoms with E-state index in [1.807, 2.05) is 29.2 Å². The second-order valence-corrected chi connectivity index (χ2v) is 5.76. The number of likely N-dealkylation sites (tertiary alicyclic amines) is 1.